The topological polar surface area (TPSA) is 26.0 Å². The number of nitrogens with zero attached hydrogens (tertiary/aromatic N) is 1. The van der Waals surface area contributed by atoms with E-state index in [2.05, 4.69) is 76.2 Å². The van der Waals surface area contributed by atoms with E-state index in [1.165, 1.54) is 38.4 Å². The van der Waals surface area contributed by atoms with Crippen LogP contribution >= 0.6 is 0 Å². The van der Waals surface area contributed by atoms with Crippen LogP contribution in [-0.4, -0.2) is 4.98 Å². The highest BCUT2D eigenvalue weighted by atomic mass is 16.3. The van der Waals surface area contributed by atoms with Gasteiger partial charge in [0.05, 0.1) is 11.1 Å². The lowest BCUT2D eigenvalue weighted by Crippen LogP contribution is -2.20. The Morgan fingerprint density at radius 3 is 2.60 bits per heavy atom. The Morgan fingerprint density at radius 1 is 0.933 bits per heavy atom. The summed E-state index contributed by atoms with van der Waals surface area (Å²) in [6.45, 7) is 9.22. The molecule has 0 unspecified atom stereocenters. The maximum atomic E-state index is 6.50. The van der Waals surface area contributed by atoms with E-state index in [9.17, 15) is 0 Å². The maximum Gasteiger partial charge on any atom is 0.139 e. The molecule has 0 N–H and O–H groups in total. The van der Waals surface area contributed by atoms with Gasteiger partial charge in [0, 0.05) is 22.6 Å². The molecule has 0 fully saturated rings. The minimum absolute atomic E-state index is 0.178. The van der Waals surface area contributed by atoms with Gasteiger partial charge in [0.1, 0.15) is 11.2 Å². The molecule has 0 saturated carbocycles. The SMILES string of the molecule is CC(C)Cc1ccc2c3c1oc1ccnc(c13)-c1ccc3ccccc3c1C2(C)C. The Labute approximate surface area is 176 Å². The van der Waals surface area contributed by atoms with E-state index in [1.54, 1.807) is 0 Å². The number of fused-ring (bicyclic) bond motifs is 4. The molecule has 2 heteroatoms. The van der Waals surface area contributed by atoms with E-state index in [0.29, 0.717) is 5.92 Å². The van der Waals surface area contributed by atoms with Crippen LogP contribution in [0.25, 0.3) is 44.0 Å². The molecule has 0 aliphatic heterocycles. The number of hydrogen-bond acceptors (Lipinski definition) is 2. The average Bonchev–Trinajstić information content (AvgIpc) is 3.09. The second-order valence-electron chi connectivity index (χ2n) is 9.54. The van der Waals surface area contributed by atoms with Gasteiger partial charge in [0.2, 0.25) is 0 Å². The van der Waals surface area contributed by atoms with Crippen LogP contribution in [0.2, 0.25) is 0 Å². The molecule has 30 heavy (non-hydrogen) atoms. The normalized spacial score (nSPS) is 14.7. The maximum absolute atomic E-state index is 6.50. The Morgan fingerprint density at radius 2 is 1.77 bits per heavy atom. The van der Waals surface area contributed by atoms with Gasteiger partial charge in [-0.05, 0) is 45.9 Å². The van der Waals surface area contributed by atoms with Gasteiger partial charge < -0.3 is 4.42 Å². The molecule has 2 aromatic heterocycles. The van der Waals surface area contributed by atoms with E-state index in [-0.39, 0.29) is 5.41 Å². The largest absolute Gasteiger partial charge is 0.456 e. The third kappa shape index (κ3) is 2.22. The van der Waals surface area contributed by atoms with Gasteiger partial charge in [-0.1, -0.05) is 76.2 Å². The van der Waals surface area contributed by atoms with Gasteiger partial charge in [-0.2, -0.15) is 0 Å². The van der Waals surface area contributed by atoms with Gasteiger partial charge >= 0.3 is 0 Å². The number of hydrogen-bond donors (Lipinski definition) is 0. The van der Waals surface area contributed by atoms with Crippen LogP contribution in [0.3, 0.4) is 0 Å². The zero-order valence-electron chi connectivity index (χ0n) is 17.9. The predicted molar refractivity (Wildman–Crippen MR) is 125 cm³/mol. The van der Waals surface area contributed by atoms with Crippen molar-refractivity contribution >= 4 is 32.7 Å². The van der Waals surface area contributed by atoms with E-state index >= 15 is 0 Å². The molecule has 5 aromatic rings. The highest BCUT2D eigenvalue weighted by molar-refractivity contribution is 6.16. The molecule has 0 amide bonds. The number of furan rings is 1. The van der Waals surface area contributed by atoms with Crippen molar-refractivity contribution in [1.29, 1.82) is 0 Å². The first-order valence-electron chi connectivity index (χ1n) is 10.8. The zero-order valence-corrected chi connectivity index (χ0v) is 17.9. The molecular formula is C28H25NO. The lowest BCUT2D eigenvalue weighted by atomic mass is 9.73. The highest BCUT2D eigenvalue weighted by Crippen LogP contribution is 2.51. The minimum Gasteiger partial charge on any atom is -0.456 e. The first-order chi connectivity index (χ1) is 14.5. The molecule has 3 aromatic carbocycles. The van der Waals surface area contributed by atoms with Crippen molar-refractivity contribution in [3.8, 4) is 11.3 Å². The summed E-state index contributed by atoms with van der Waals surface area (Å²) in [5.41, 5.74) is 8.02. The minimum atomic E-state index is -0.178. The van der Waals surface area contributed by atoms with Crippen molar-refractivity contribution in [1.82, 2.24) is 4.98 Å². The molecule has 2 nitrogen and oxygen atoms in total. The van der Waals surface area contributed by atoms with Gasteiger partial charge in [-0.3, -0.25) is 4.98 Å². The Kier molecular flexibility index (Phi) is 3.51. The van der Waals surface area contributed by atoms with Gasteiger partial charge in [0.25, 0.3) is 0 Å². The smallest absolute Gasteiger partial charge is 0.139 e. The summed E-state index contributed by atoms with van der Waals surface area (Å²) in [5.74, 6) is 0.573. The van der Waals surface area contributed by atoms with Crippen molar-refractivity contribution in [2.45, 2.75) is 39.5 Å². The lowest BCUT2D eigenvalue weighted by molar-refractivity contribution is 0.618. The standard InChI is InChI=1S/C28H25NO/c1-16(2)15-18-10-12-21-23-24-22(30-27(18)23)13-14-29-26(24)20-11-9-17-7-5-6-8-19(17)25(20)28(21,3)4/h5-14,16H,15H2,1-4H3. The van der Waals surface area contributed by atoms with Crippen LogP contribution in [0.1, 0.15) is 44.4 Å². The van der Waals surface area contributed by atoms with Crippen LogP contribution < -0.4 is 0 Å². The van der Waals surface area contributed by atoms with Crippen molar-refractivity contribution < 1.29 is 4.42 Å². The summed E-state index contributed by atoms with van der Waals surface area (Å²) in [5, 5.41) is 4.99. The van der Waals surface area contributed by atoms with Crippen LogP contribution in [0.15, 0.2) is 65.2 Å². The molecule has 2 heterocycles. The second kappa shape index (κ2) is 5.95. The lowest BCUT2D eigenvalue weighted by Gasteiger charge is -2.29. The summed E-state index contributed by atoms with van der Waals surface area (Å²) in [6, 6.07) is 19.8. The van der Waals surface area contributed by atoms with Crippen LogP contribution in [0.4, 0.5) is 0 Å². The molecule has 6 rings (SSSR count). The van der Waals surface area contributed by atoms with Crippen molar-refractivity contribution in [2.75, 3.05) is 0 Å². The summed E-state index contributed by atoms with van der Waals surface area (Å²) in [4.78, 5) is 4.90. The third-order valence-electron chi connectivity index (χ3n) is 6.72. The fourth-order valence-corrected chi connectivity index (χ4v) is 5.47. The van der Waals surface area contributed by atoms with E-state index in [1.807, 2.05) is 12.3 Å². The second-order valence-corrected chi connectivity index (χ2v) is 9.54. The molecule has 1 aliphatic carbocycles. The Bertz CT molecular complexity index is 1470. The molecule has 0 bridgehead atoms. The molecule has 0 spiro atoms. The molecular weight excluding hydrogens is 366 g/mol. The Balaban J connectivity index is 1.85. The molecule has 148 valence electrons. The highest BCUT2D eigenvalue weighted by Gasteiger charge is 2.36. The molecule has 0 radical (unpaired) electrons. The van der Waals surface area contributed by atoms with E-state index in [4.69, 9.17) is 9.40 Å². The van der Waals surface area contributed by atoms with Crippen molar-refractivity contribution in [3.63, 3.8) is 0 Å². The number of rotatable bonds is 2. The van der Waals surface area contributed by atoms with Crippen LogP contribution in [0, 0.1) is 5.92 Å². The van der Waals surface area contributed by atoms with Gasteiger partial charge in [0.15, 0.2) is 0 Å². The molecule has 1 aliphatic rings. The van der Waals surface area contributed by atoms with Gasteiger partial charge in [-0.25, -0.2) is 0 Å². The average molecular weight is 392 g/mol. The molecule has 0 atom stereocenters. The predicted octanol–water partition coefficient (Wildman–Crippen LogP) is 7.64. The number of aromatic nitrogens is 1. The monoisotopic (exact) mass is 391 g/mol. The van der Waals surface area contributed by atoms with Crippen molar-refractivity contribution in [3.05, 3.63) is 77.5 Å². The summed E-state index contributed by atoms with van der Waals surface area (Å²) < 4.78 is 6.50. The fraction of sp³-hybridized carbons (Fsp3) is 0.250. The third-order valence-corrected chi connectivity index (χ3v) is 6.72. The van der Waals surface area contributed by atoms with Crippen LogP contribution in [0.5, 0.6) is 0 Å². The fourth-order valence-electron chi connectivity index (χ4n) is 5.47. The quantitative estimate of drug-likeness (QED) is 0.309. The molecule has 0 saturated heterocycles. The Hall–Kier alpha value is -3.13. The summed E-state index contributed by atoms with van der Waals surface area (Å²) >= 11 is 0. The number of pyridine rings is 1. The van der Waals surface area contributed by atoms with Crippen molar-refractivity contribution in [2.24, 2.45) is 5.92 Å². The first-order valence-corrected chi connectivity index (χ1v) is 10.8. The van der Waals surface area contributed by atoms with E-state index < -0.39 is 0 Å². The summed E-state index contributed by atoms with van der Waals surface area (Å²) in [7, 11) is 0. The number of benzene rings is 3. The van der Waals surface area contributed by atoms with E-state index in [0.717, 1.165) is 28.7 Å². The zero-order chi connectivity index (χ0) is 20.6. The van der Waals surface area contributed by atoms with Gasteiger partial charge in [-0.15, -0.1) is 0 Å². The first kappa shape index (κ1) is 17.7. The summed E-state index contributed by atoms with van der Waals surface area (Å²) in [6.07, 6.45) is 2.90. The van der Waals surface area contributed by atoms with Crippen LogP contribution in [-0.2, 0) is 11.8 Å².